The highest BCUT2D eigenvalue weighted by molar-refractivity contribution is 7.89. The fourth-order valence-corrected chi connectivity index (χ4v) is 3.49. The average molecular weight is 299 g/mol. The highest BCUT2D eigenvalue weighted by Crippen LogP contribution is 2.24. The van der Waals surface area contributed by atoms with Crippen LogP contribution in [0, 0.1) is 23.1 Å². The normalized spacial score (nSPS) is 11.8. The van der Waals surface area contributed by atoms with Crippen LogP contribution in [0.15, 0.2) is 23.1 Å². The van der Waals surface area contributed by atoms with E-state index in [0.29, 0.717) is 0 Å². The van der Waals surface area contributed by atoms with Gasteiger partial charge in [0.25, 0.3) is 0 Å². The van der Waals surface area contributed by atoms with Crippen molar-refractivity contribution in [1.82, 2.24) is 4.31 Å². The Balaban J connectivity index is 3.21. The van der Waals surface area contributed by atoms with E-state index in [1.165, 1.54) is 10.4 Å². The van der Waals surface area contributed by atoms with Gasteiger partial charge >= 0.3 is 0 Å². The molecule has 0 saturated carbocycles. The van der Waals surface area contributed by atoms with Gasteiger partial charge in [0.1, 0.15) is 10.7 Å². The lowest BCUT2D eigenvalue weighted by atomic mass is 10.2. The molecule has 0 radical (unpaired) electrons. The molecule has 20 heavy (non-hydrogen) atoms. The number of anilines is 1. The number of rotatable bonds is 6. The molecule has 0 aliphatic rings. The summed E-state index contributed by atoms with van der Waals surface area (Å²) in [6.45, 7) is 4.04. The molecule has 1 aromatic rings. The first-order chi connectivity index (χ1) is 9.28. The molecule has 0 fully saturated rings. The van der Waals surface area contributed by atoms with E-state index in [1.54, 1.807) is 0 Å². The van der Waals surface area contributed by atoms with Crippen molar-refractivity contribution in [3.8, 4) is 6.07 Å². The summed E-state index contributed by atoms with van der Waals surface area (Å²) in [5, 5.41) is 8.63. The molecule has 0 atom stereocenters. The summed E-state index contributed by atoms with van der Waals surface area (Å²) in [5.74, 6) is -0.583. The van der Waals surface area contributed by atoms with E-state index in [1.807, 2.05) is 19.9 Å². The second kappa shape index (κ2) is 6.68. The standard InChI is InChI=1S/C13H18FN3O2S/c1-10(2)9-17(7-3-6-15)20(18,19)13-8-11(14)4-5-12(13)16/h4-5,8,10H,3,7,9,16H2,1-2H3. The summed E-state index contributed by atoms with van der Waals surface area (Å²) in [6, 6.07) is 5.15. The van der Waals surface area contributed by atoms with Crippen LogP contribution >= 0.6 is 0 Å². The molecule has 0 bridgehead atoms. The number of nitrogens with zero attached hydrogens (tertiary/aromatic N) is 2. The first-order valence-corrected chi connectivity index (χ1v) is 7.65. The van der Waals surface area contributed by atoms with Crippen molar-refractivity contribution in [2.45, 2.75) is 25.2 Å². The van der Waals surface area contributed by atoms with Gasteiger partial charge in [-0.3, -0.25) is 0 Å². The number of halogens is 1. The maximum Gasteiger partial charge on any atom is 0.245 e. The van der Waals surface area contributed by atoms with E-state index in [2.05, 4.69) is 0 Å². The van der Waals surface area contributed by atoms with Gasteiger partial charge in [-0.25, -0.2) is 12.8 Å². The van der Waals surface area contributed by atoms with Crippen LogP contribution in [0.4, 0.5) is 10.1 Å². The molecule has 0 amide bonds. The molecule has 0 spiro atoms. The smallest absolute Gasteiger partial charge is 0.245 e. The number of sulfonamides is 1. The van der Waals surface area contributed by atoms with E-state index in [-0.39, 0.29) is 36.0 Å². The van der Waals surface area contributed by atoms with Crippen molar-refractivity contribution in [2.24, 2.45) is 5.92 Å². The number of nitriles is 1. The van der Waals surface area contributed by atoms with Gasteiger partial charge in [-0.15, -0.1) is 0 Å². The van der Waals surface area contributed by atoms with Crippen LogP contribution in [0.5, 0.6) is 0 Å². The Kier molecular flexibility index (Phi) is 5.48. The fourth-order valence-electron chi connectivity index (χ4n) is 1.76. The topological polar surface area (TPSA) is 87.2 Å². The van der Waals surface area contributed by atoms with Gasteiger partial charge < -0.3 is 5.73 Å². The summed E-state index contributed by atoms with van der Waals surface area (Å²) in [6.07, 6.45) is 0.0706. The Morgan fingerprint density at radius 2 is 2.10 bits per heavy atom. The molecule has 0 aliphatic carbocycles. The van der Waals surface area contributed by atoms with E-state index in [9.17, 15) is 12.8 Å². The van der Waals surface area contributed by atoms with E-state index >= 15 is 0 Å². The first-order valence-electron chi connectivity index (χ1n) is 6.21. The molecule has 7 heteroatoms. The first kappa shape index (κ1) is 16.4. The third-order valence-corrected chi connectivity index (χ3v) is 4.56. The highest BCUT2D eigenvalue weighted by atomic mass is 32.2. The summed E-state index contributed by atoms with van der Waals surface area (Å²) in [7, 11) is -3.90. The van der Waals surface area contributed by atoms with E-state index < -0.39 is 15.8 Å². The van der Waals surface area contributed by atoms with Gasteiger partial charge in [0, 0.05) is 19.5 Å². The molecule has 0 heterocycles. The Bertz CT molecular complexity index is 609. The largest absolute Gasteiger partial charge is 0.398 e. The molecular formula is C13H18FN3O2S. The molecule has 2 N–H and O–H groups in total. The molecule has 1 aromatic carbocycles. The van der Waals surface area contributed by atoms with Crippen LogP contribution in [0.25, 0.3) is 0 Å². The van der Waals surface area contributed by atoms with Gasteiger partial charge in [0.05, 0.1) is 11.8 Å². The lowest BCUT2D eigenvalue weighted by Gasteiger charge is -2.23. The van der Waals surface area contributed by atoms with Crippen molar-refractivity contribution >= 4 is 15.7 Å². The van der Waals surface area contributed by atoms with Crippen molar-refractivity contribution in [2.75, 3.05) is 18.8 Å². The zero-order valence-electron chi connectivity index (χ0n) is 11.5. The number of nitrogens with two attached hydrogens (primary N) is 1. The molecule has 1 rings (SSSR count). The van der Waals surface area contributed by atoms with Gasteiger partial charge in [-0.1, -0.05) is 13.8 Å². The van der Waals surface area contributed by atoms with Crippen LogP contribution in [0.2, 0.25) is 0 Å². The third kappa shape index (κ3) is 3.92. The quantitative estimate of drug-likeness (QED) is 0.813. The van der Waals surface area contributed by atoms with Gasteiger partial charge in [0.15, 0.2) is 0 Å². The summed E-state index contributed by atoms with van der Waals surface area (Å²) >= 11 is 0. The minimum Gasteiger partial charge on any atom is -0.398 e. The van der Waals surface area contributed by atoms with Gasteiger partial charge in [-0.2, -0.15) is 9.57 Å². The van der Waals surface area contributed by atoms with Crippen molar-refractivity contribution in [3.05, 3.63) is 24.0 Å². The Hall–Kier alpha value is -1.65. The van der Waals surface area contributed by atoms with Crippen LogP contribution in [-0.2, 0) is 10.0 Å². The van der Waals surface area contributed by atoms with Crippen molar-refractivity contribution in [1.29, 1.82) is 5.26 Å². The van der Waals surface area contributed by atoms with Gasteiger partial charge in [-0.05, 0) is 24.1 Å². The predicted octanol–water partition coefficient (Wildman–Crippen LogP) is 1.97. The van der Waals surface area contributed by atoms with Crippen molar-refractivity contribution in [3.63, 3.8) is 0 Å². The molecule has 110 valence electrons. The fraction of sp³-hybridized carbons (Fsp3) is 0.462. The Labute approximate surface area is 118 Å². The van der Waals surface area contributed by atoms with Crippen LogP contribution < -0.4 is 5.73 Å². The molecule has 0 saturated heterocycles. The molecule has 0 aliphatic heterocycles. The second-order valence-corrected chi connectivity index (χ2v) is 6.75. The minimum absolute atomic E-state index is 0.00267. The predicted molar refractivity (Wildman–Crippen MR) is 74.6 cm³/mol. The van der Waals surface area contributed by atoms with Crippen molar-refractivity contribution < 1.29 is 12.8 Å². The van der Waals surface area contributed by atoms with Gasteiger partial charge in [0.2, 0.25) is 10.0 Å². The summed E-state index contributed by atoms with van der Waals surface area (Å²) in [5.41, 5.74) is 5.63. The lowest BCUT2D eigenvalue weighted by Crippen LogP contribution is -2.35. The zero-order valence-corrected chi connectivity index (χ0v) is 12.3. The molecule has 0 aromatic heterocycles. The molecule has 0 unspecified atom stereocenters. The van der Waals surface area contributed by atoms with E-state index in [0.717, 1.165) is 12.1 Å². The third-order valence-electron chi connectivity index (χ3n) is 2.64. The summed E-state index contributed by atoms with van der Waals surface area (Å²) < 4.78 is 39.5. The Morgan fingerprint density at radius 3 is 2.65 bits per heavy atom. The lowest BCUT2D eigenvalue weighted by molar-refractivity contribution is 0.373. The van der Waals surface area contributed by atoms with Crippen LogP contribution in [0.1, 0.15) is 20.3 Å². The number of hydrogen-bond donors (Lipinski definition) is 1. The summed E-state index contributed by atoms with van der Waals surface area (Å²) in [4.78, 5) is -0.254. The molecule has 5 nitrogen and oxygen atoms in total. The second-order valence-electron chi connectivity index (χ2n) is 4.85. The highest BCUT2D eigenvalue weighted by Gasteiger charge is 2.27. The monoisotopic (exact) mass is 299 g/mol. The van der Waals surface area contributed by atoms with Crippen LogP contribution in [-0.4, -0.2) is 25.8 Å². The van der Waals surface area contributed by atoms with Crippen LogP contribution in [0.3, 0.4) is 0 Å². The molecular weight excluding hydrogens is 281 g/mol. The maximum atomic E-state index is 13.3. The number of hydrogen-bond acceptors (Lipinski definition) is 4. The SMILES string of the molecule is CC(C)CN(CCC#N)S(=O)(=O)c1cc(F)ccc1N. The zero-order chi connectivity index (χ0) is 15.3. The Morgan fingerprint density at radius 1 is 1.45 bits per heavy atom. The van der Waals surface area contributed by atoms with E-state index in [4.69, 9.17) is 11.0 Å². The number of benzene rings is 1. The average Bonchev–Trinajstić information content (AvgIpc) is 2.36. The maximum absolute atomic E-state index is 13.3. The minimum atomic E-state index is -3.90. The number of nitrogen functional groups attached to an aromatic ring is 1.